The van der Waals surface area contributed by atoms with E-state index >= 15 is 0 Å². The summed E-state index contributed by atoms with van der Waals surface area (Å²) in [6.07, 6.45) is 1.61. The molecule has 0 bridgehead atoms. The maximum Gasteiger partial charge on any atom is 0.176 e. The molecule has 0 saturated carbocycles. The fourth-order valence-corrected chi connectivity index (χ4v) is 2.03. The van der Waals surface area contributed by atoms with Crippen molar-refractivity contribution in [2.75, 3.05) is 0 Å². The molecular formula is C17H15FO. The Morgan fingerprint density at radius 2 is 1.68 bits per heavy atom. The van der Waals surface area contributed by atoms with E-state index in [0.717, 1.165) is 5.56 Å². The predicted octanol–water partition coefficient (Wildman–Crippen LogP) is 4.15. The topological polar surface area (TPSA) is 17.1 Å². The molecule has 2 aromatic carbocycles. The molecule has 0 aromatic heterocycles. The molecule has 0 heterocycles. The third-order valence-corrected chi connectivity index (χ3v) is 3.36. The highest BCUT2D eigenvalue weighted by Crippen LogP contribution is 2.29. The molecule has 2 rings (SSSR count). The van der Waals surface area contributed by atoms with Crippen molar-refractivity contribution in [2.24, 2.45) is 0 Å². The Labute approximate surface area is 112 Å². The van der Waals surface area contributed by atoms with Crippen LogP contribution in [0.3, 0.4) is 0 Å². The molecule has 0 aliphatic heterocycles. The Morgan fingerprint density at radius 3 is 2.21 bits per heavy atom. The van der Waals surface area contributed by atoms with Crippen LogP contribution in [-0.2, 0) is 5.41 Å². The smallest absolute Gasteiger partial charge is 0.176 e. The normalized spacial score (nSPS) is 13.6. The summed E-state index contributed by atoms with van der Waals surface area (Å²) in [7, 11) is 0. The number of allylic oxidation sites excluding steroid dienone is 1. The fourth-order valence-electron chi connectivity index (χ4n) is 2.03. The summed E-state index contributed by atoms with van der Waals surface area (Å²) in [6, 6.07) is 15.0. The molecule has 0 aliphatic rings. The second-order valence-electron chi connectivity index (χ2n) is 4.61. The number of hydrogen-bond donors (Lipinski definition) is 0. The average molecular weight is 254 g/mol. The highest BCUT2D eigenvalue weighted by Gasteiger charge is 2.32. The number of benzene rings is 2. The van der Waals surface area contributed by atoms with Crippen molar-refractivity contribution in [1.29, 1.82) is 0 Å². The van der Waals surface area contributed by atoms with Crippen molar-refractivity contribution >= 4 is 5.78 Å². The van der Waals surface area contributed by atoms with Gasteiger partial charge in [-0.25, -0.2) is 4.39 Å². The zero-order valence-electron chi connectivity index (χ0n) is 10.8. The zero-order valence-corrected chi connectivity index (χ0v) is 10.8. The van der Waals surface area contributed by atoms with E-state index in [1.165, 1.54) is 12.1 Å². The van der Waals surface area contributed by atoms with Crippen LogP contribution in [0.1, 0.15) is 22.8 Å². The Kier molecular flexibility index (Phi) is 3.61. The number of halogens is 1. The molecule has 96 valence electrons. The summed E-state index contributed by atoms with van der Waals surface area (Å²) in [6.45, 7) is 5.56. The molecule has 0 spiro atoms. The minimum Gasteiger partial charge on any atom is -0.293 e. The van der Waals surface area contributed by atoms with Crippen LogP contribution in [0.2, 0.25) is 0 Å². The second-order valence-corrected chi connectivity index (χ2v) is 4.61. The first-order chi connectivity index (χ1) is 9.08. The summed E-state index contributed by atoms with van der Waals surface area (Å²) in [4.78, 5) is 12.6. The van der Waals surface area contributed by atoms with Crippen LogP contribution in [0, 0.1) is 5.82 Å². The number of hydrogen-bond acceptors (Lipinski definition) is 1. The molecule has 1 atom stereocenters. The lowest BCUT2D eigenvalue weighted by atomic mass is 9.76. The van der Waals surface area contributed by atoms with Crippen molar-refractivity contribution < 1.29 is 9.18 Å². The van der Waals surface area contributed by atoms with E-state index in [4.69, 9.17) is 0 Å². The van der Waals surface area contributed by atoms with Crippen molar-refractivity contribution in [3.63, 3.8) is 0 Å². The van der Waals surface area contributed by atoms with Crippen molar-refractivity contribution in [3.05, 3.63) is 84.2 Å². The van der Waals surface area contributed by atoms with Crippen LogP contribution in [0.25, 0.3) is 0 Å². The Balaban J connectivity index is 2.46. The van der Waals surface area contributed by atoms with E-state index in [1.54, 1.807) is 37.3 Å². The largest absolute Gasteiger partial charge is 0.293 e. The van der Waals surface area contributed by atoms with Gasteiger partial charge in [-0.3, -0.25) is 4.79 Å². The number of rotatable bonds is 4. The molecule has 19 heavy (non-hydrogen) atoms. The Hall–Kier alpha value is -2.22. The highest BCUT2D eigenvalue weighted by atomic mass is 19.1. The average Bonchev–Trinajstić information content (AvgIpc) is 2.47. The van der Waals surface area contributed by atoms with E-state index in [1.807, 2.05) is 18.2 Å². The summed E-state index contributed by atoms with van der Waals surface area (Å²) in [5.41, 5.74) is 0.502. The van der Waals surface area contributed by atoms with Gasteiger partial charge in [-0.1, -0.05) is 48.5 Å². The van der Waals surface area contributed by atoms with Crippen LogP contribution in [0.4, 0.5) is 4.39 Å². The summed E-state index contributed by atoms with van der Waals surface area (Å²) in [5.74, 6) is -0.364. The third kappa shape index (κ3) is 2.48. The Bertz CT molecular complexity index is 586. The third-order valence-electron chi connectivity index (χ3n) is 3.36. The molecule has 0 saturated heterocycles. The van der Waals surface area contributed by atoms with E-state index in [-0.39, 0.29) is 11.6 Å². The van der Waals surface area contributed by atoms with E-state index in [2.05, 4.69) is 6.58 Å². The van der Waals surface area contributed by atoms with Crippen LogP contribution in [0.15, 0.2) is 67.3 Å². The lowest BCUT2D eigenvalue weighted by Crippen LogP contribution is -2.30. The molecule has 2 aromatic rings. The number of carbonyl (C=O) groups is 1. The quantitative estimate of drug-likeness (QED) is 0.591. The summed E-state index contributed by atoms with van der Waals surface area (Å²) in [5, 5.41) is 0. The molecule has 0 fully saturated rings. The molecule has 2 heteroatoms. The van der Waals surface area contributed by atoms with Gasteiger partial charge in [-0.2, -0.15) is 0 Å². The molecule has 0 N–H and O–H groups in total. The lowest BCUT2D eigenvalue weighted by Gasteiger charge is -2.25. The Morgan fingerprint density at radius 1 is 1.11 bits per heavy atom. The lowest BCUT2D eigenvalue weighted by molar-refractivity contribution is 0.0927. The minimum atomic E-state index is -0.852. The number of Topliss-reactive ketones (excluding diaryl/α,β-unsaturated/α-hetero) is 1. The fraction of sp³-hybridized carbons (Fsp3) is 0.118. The van der Waals surface area contributed by atoms with Crippen LogP contribution < -0.4 is 0 Å². The van der Waals surface area contributed by atoms with Gasteiger partial charge in [-0.05, 0) is 24.6 Å². The van der Waals surface area contributed by atoms with Gasteiger partial charge in [0.05, 0.1) is 5.41 Å². The van der Waals surface area contributed by atoms with Gasteiger partial charge in [0.25, 0.3) is 0 Å². The van der Waals surface area contributed by atoms with Crippen molar-refractivity contribution in [2.45, 2.75) is 12.3 Å². The molecule has 0 radical (unpaired) electrons. The molecule has 0 unspecified atom stereocenters. The summed E-state index contributed by atoms with van der Waals surface area (Å²) < 4.78 is 13.0. The van der Waals surface area contributed by atoms with Crippen molar-refractivity contribution in [3.8, 4) is 0 Å². The highest BCUT2D eigenvalue weighted by molar-refractivity contribution is 6.05. The maximum atomic E-state index is 13.0. The van der Waals surface area contributed by atoms with E-state index in [0.29, 0.717) is 5.56 Å². The summed E-state index contributed by atoms with van der Waals surface area (Å²) >= 11 is 0. The predicted molar refractivity (Wildman–Crippen MR) is 74.7 cm³/mol. The van der Waals surface area contributed by atoms with Gasteiger partial charge in [0.15, 0.2) is 5.78 Å². The minimum absolute atomic E-state index is 0.0466. The van der Waals surface area contributed by atoms with E-state index < -0.39 is 5.41 Å². The number of ketones is 1. The molecule has 1 nitrogen and oxygen atoms in total. The maximum absolute atomic E-state index is 13.0. The SMILES string of the molecule is C=C[C@@](C)(C(=O)c1ccccc1)c1ccc(F)cc1. The van der Waals surface area contributed by atoms with Gasteiger partial charge >= 0.3 is 0 Å². The standard InChI is InChI=1S/C17H15FO/c1-3-17(2,14-9-11-15(18)12-10-14)16(19)13-7-5-4-6-8-13/h3-12H,1H2,2H3/t17-/m1/s1. The first-order valence-corrected chi connectivity index (χ1v) is 6.07. The van der Waals surface area contributed by atoms with Gasteiger partial charge in [0.1, 0.15) is 5.82 Å². The second kappa shape index (κ2) is 5.19. The molecule has 0 amide bonds. The first kappa shape index (κ1) is 13.2. The van der Waals surface area contributed by atoms with Gasteiger partial charge < -0.3 is 0 Å². The van der Waals surface area contributed by atoms with E-state index in [9.17, 15) is 9.18 Å². The molecule has 0 aliphatic carbocycles. The van der Waals surface area contributed by atoms with Gasteiger partial charge in [0.2, 0.25) is 0 Å². The van der Waals surface area contributed by atoms with Gasteiger partial charge in [0, 0.05) is 5.56 Å². The van der Waals surface area contributed by atoms with Crippen LogP contribution in [-0.4, -0.2) is 5.78 Å². The van der Waals surface area contributed by atoms with Crippen LogP contribution >= 0.6 is 0 Å². The monoisotopic (exact) mass is 254 g/mol. The first-order valence-electron chi connectivity index (χ1n) is 6.07. The van der Waals surface area contributed by atoms with Crippen LogP contribution in [0.5, 0.6) is 0 Å². The van der Waals surface area contributed by atoms with Crippen molar-refractivity contribution in [1.82, 2.24) is 0 Å². The zero-order chi connectivity index (χ0) is 13.9. The van der Waals surface area contributed by atoms with Gasteiger partial charge in [-0.15, -0.1) is 6.58 Å². The molecular weight excluding hydrogens is 239 g/mol. The number of carbonyl (C=O) groups excluding carboxylic acids is 1.